The summed E-state index contributed by atoms with van der Waals surface area (Å²) in [5, 5.41) is 9.38. The highest BCUT2D eigenvalue weighted by Gasteiger charge is 2.29. The first-order chi connectivity index (χ1) is 16.3. The van der Waals surface area contributed by atoms with E-state index in [4.69, 9.17) is 5.21 Å². The molecule has 1 aliphatic rings. The summed E-state index contributed by atoms with van der Waals surface area (Å²) in [4.78, 5) is 20.3. The molecule has 0 radical (unpaired) electrons. The number of hydroxylamine groups is 1. The number of hydrogen-bond donors (Lipinski definition) is 2. The van der Waals surface area contributed by atoms with Crippen LogP contribution in [0.4, 0.5) is 5.13 Å². The minimum absolute atomic E-state index is 0. The van der Waals surface area contributed by atoms with Crippen molar-refractivity contribution in [3.63, 3.8) is 0 Å². The predicted molar refractivity (Wildman–Crippen MR) is 139 cm³/mol. The van der Waals surface area contributed by atoms with Crippen molar-refractivity contribution in [2.75, 3.05) is 45.2 Å². The van der Waals surface area contributed by atoms with Gasteiger partial charge in [0.1, 0.15) is 4.88 Å². The quantitative estimate of drug-likeness (QED) is 0.352. The zero-order valence-electron chi connectivity index (χ0n) is 19.4. The molecular weight excluding hydrogens is 510 g/mol. The lowest BCUT2D eigenvalue weighted by atomic mass is 10.0. The van der Waals surface area contributed by atoms with Crippen LogP contribution in [0.15, 0.2) is 59.6 Å². The molecule has 2 heterocycles. The monoisotopic (exact) mass is 537 g/mol. The van der Waals surface area contributed by atoms with E-state index in [0.29, 0.717) is 36.2 Å². The second kappa shape index (κ2) is 11.5. The number of hydrogen-bond acceptors (Lipinski definition) is 8. The number of nitrogens with zero attached hydrogens (tertiary/aromatic N) is 4. The molecule has 0 bridgehead atoms. The van der Waals surface area contributed by atoms with Gasteiger partial charge in [0.2, 0.25) is 10.0 Å². The summed E-state index contributed by atoms with van der Waals surface area (Å²) in [7, 11) is 0.431. The molecule has 2 N–H and O–H groups in total. The molecule has 188 valence electrons. The van der Waals surface area contributed by atoms with Crippen LogP contribution in [0.3, 0.4) is 0 Å². The fourth-order valence-electron chi connectivity index (χ4n) is 3.87. The first kappa shape index (κ1) is 27.1. The van der Waals surface area contributed by atoms with Crippen LogP contribution in [0.25, 0.3) is 11.1 Å². The van der Waals surface area contributed by atoms with Crippen LogP contribution in [0.5, 0.6) is 0 Å². The molecule has 1 amide bonds. The van der Waals surface area contributed by atoms with Gasteiger partial charge in [-0.1, -0.05) is 41.7 Å². The van der Waals surface area contributed by atoms with Crippen molar-refractivity contribution in [3.05, 3.63) is 65.2 Å². The van der Waals surface area contributed by atoms with Crippen LogP contribution < -0.4 is 10.4 Å². The van der Waals surface area contributed by atoms with Crippen LogP contribution in [0.2, 0.25) is 0 Å². The summed E-state index contributed by atoms with van der Waals surface area (Å²) in [5.74, 6) is -0.613. The van der Waals surface area contributed by atoms with E-state index in [2.05, 4.69) is 22.0 Å². The van der Waals surface area contributed by atoms with E-state index in [0.717, 1.165) is 29.0 Å². The lowest BCUT2D eigenvalue weighted by Gasteiger charge is -2.33. The summed E-state index contributed by atoms with van der Waals surface area (Å²) in [5.41, 5.74) is 4.81. The number of nitrogens with one attached hydrogen (secondary N) is 1. The maximum Gasteiger partial charge on any atom is 0.286 e. The number of anilines is 1. The Morgan fingerprint density at radius 1 is 1.09 bits per heavy atom. The number of carbonyl (C=O) groups excluding carboxylic acids is 1. The number of piperazine rings is 1. The molecule has 0 unspecified atom stereocenters. The lowest BCUT2D eigenvalue weighted by molar-refractivity contribution is 0.0710. The summed E-state index contributed by atoms with van der Waals surface area (Å²) < 4.78 is 27.9. The molecule has 1 saturated heterocycles. The summed E-state index contributed by atoms with van der Waals surface area (Å²) >= 11 is 1.15. The average molecular weight is 538 g/mol. The van der Waals surface area contributed by atoms with Gasteiger partial charge in [0.15, 0.2) is 5.13 Å². The third kappa shape index (κ3) is 6.18. The molecule has 3 aromatic rings. The number of benzene rings is 2. The van der Waals surface area contributed by atoms with Gasteiger partial charge in [-0.05, 0) is 49.0 Å². The zero-order valence-corrected chi connectivity index (χ0v) is 21.9. The number of aromatic nitrogens is 1. The summed E-state index contributed by atoms with van der Waals surface area (Å²) in [6.07, 6.45) is 1.40. The second-order valence-corrected chi connectivity index (χ2v) is 11.2. The van der Waals surface area contributed by atoms with Crippen molar-refractivity contribution >= 4 is 44.8 Å². The molecule has 0 saturated carbocycles. The van der Waals surface area contributed by atoms with Gasteiger partial charge in [0, 0.05) is 32.7 Å². The van der Waals surface area contributed by atoms with Crippen LogP contribution in [-0.2, 0) is 16.6 Å². The third-order valence-electron chi connectivity index (χ3n) is 5.58. The summed E-state index contributed by atoms with van der Waals surface area (Å²) in [6.45, 7) is 2.39. The topological polar surface area (TPSA) is 106 Å². The van der Waals surface area contributed by atoms with Crippen LogP contribution in [0.1, 0.15) is 15.2 Å². The van der Waals surface area contributed by atoms with Gasteiger partial charge in [-0.3, -0.25) is 10.0 Å². The van der Waals surface area contributed by atoms with Crippen molar-refractivity contribution in [1.29, 1.82) is 0 Å². The number of halogens is 1. The molecule has 1 fully saturated rings. The number of rotatable bonds is 7. The van der Waals surface area contributed by atoms with E-state index >= 15 is 0 Å². The molecule has 2 aromatic carbocycles. The molecule has 12 heteroatoms. The fraction of sp³-hybridized carbons (Fsp3) is 0.304. The van der Waals surface area contributed by atoms with Gasteiger partial charge >= 0.3 is 0 Å². The Labute approximate surface area is 215 Å². The second-order valence-electron chi connectivity index (χ2n) is 8.30. The van der Waals surface area contributed by atoms with Gasteiger partial charge < -0.3 is 9.80 Å². The maximum atomic E-state index is 13.2. The molecule has 0 spiro atoms. The molecule has 1 aromatic heterocycles. The van der Waals surface area contributed by atoms with Gasteiger partial charge in [0.25, 0.3) is 5.91 Å². The van der Waals surface area contributed by atoms with Crippen LogP contribution in [-0.4, -0.2) is 74.0 Å². The number of amides is 1. The van der Waals surface area contributed by atoms with Gasteiger partial charge in [-0.25, -0.2) is 18.9 Å². The number of sulfonamides is 1. The minimum Gasteiger partial charge on any atom is -0.345 e. The SMILES string of the molecule is CN(C)Cc1cccc(-c2ccc(S(=O)(=O)N3CCN(c4ncc(C(=O)NO)s4)CC3)cc2)c1.Cl. The average Bonchev–Trinajstić information content (AvgIpc) is 3.34. The predicted octanol–water partition coefficient (Wildman–Crippen LogP) is 2.92. The van der Waals surface area contributed by atoms with Crippen LogP contribution in [0, 0.1) is 0 Å². The van der Waals surface area contributed by atoms with E-state index in [1.54, 1.807) is 17.6 Å². The van der Waals surface area contributed by atoms with Crippen LogP contribution >= 0.6 is 23.7 Å². The van der Waals surface area contributed by atoms with E-state index < -0.39 is 15.9 Å². The van der Waals surface area contributed by atoms with E-state index in [-0.39, 0.29) is 17.3 Å². The van der Waals surface area contributed by atoms with E-state index in [1.807, 2.05) is 43.3 Å². The highest BCUT2D eigenvalue weighted by molar-refractivity contribution is 7.89. The number of thiazole rings is 1. The molecule has 9 nitrogen and oxygen atoms in total. The molecule has 4 rings (SSSR count). The summed E-state index contributed by atoms with van der Waals surface area (Å²) in [6, 6.07) is 15.3. The zero-order chi connectivity index (χ0) is 24.3. The molecule has 0 atom stereocenters. The van der Waals surface area contributed by atoms with Crippen molar-refractivity contribution in [1.82, 2.24) is 19.7 Å². The van der Waals surface area contributed by atoms with E-state index in [9.17, 15) is 13.2 Å². The Morgan fingerprint density at radius 3 is 2.40 bits per heavy atom. The molecule has 35 heavy (non-hydrogen) atoms. The van der Waals surface area contributed by atoms with Gasteiger partial charge in [-0.15, -0.1) is 12.4 Å². The molecule has 1 aliphatic heterocycles. The standard InChI is InChI=1S/C23H27N5O4S2.ClH/c1-26(2)16-17-4-3-5-19(14-17)18-6-8-20(9-7-18)34(31,32)28-12-10-27(11-13-28)23-24-15-21(33-23)22(29)25-30;/h3-9,14-15,30H,10-13,16H2,1-2H3,(H,25,29);1H. The maximum absolute atomic E-state index is 13.2. The molecule has 0 aliphatic carbocycles. The van der Waals surface area contributed by atoms with Crippen molar-refractivity contribution in [2.45, 2.75) is 11.4 Å². The Kier molecular flexibility index (Phi) is 8.86. The minimum atomic E-state index is -3.62. The Bertz CT molecular complexity index is 1260. The highest BCUT2D eigenvalue weighted by Crippen LogP contribution is 2.27. The lowest BCUT2D eigenvalue weighted by Crippen LogP contribution is -2.48. The van der Waals surface area contributed by atoms with Gasteiger partial charge in [-0.2, -0.15) is 4.31 Å². The normalized spacial score (nSPS) is 14.6. The van der Waals surface area contributed by atoms with Crippen molar-refractivity contribution < 1.29 is 18.4 Å². The van der Waals surface area contributed by atoms with Crippen molar-refractivity contribution in [2.24, 2.45) is 0 Å². The smallest absolute Gasteiger partial charge is 0.286 e. The first-order valence-electron chi connectivity index (χ1n) is 10.8. The number of carbonyl (C=O) groups is 1. The molecular formula is C23H28ClN5O4S2. The Balaban J connectivity index is 0.00000342. The third-order valence-corrected chi connectivity index (χ3v) is 8.55. The van der Waals surface area contributed by atoms with Crippen molar-refractivity contribution in [3.8, 4) is 11.1 Å². The van der Waals surface area contributed by atoms with Gasteiger partial charge in [0.05, 0.1) is 11.1 Å². The first-order valence-corrected chi connectivity index (χ1v) is 13.0. The largest absolute Gasteiger partial charge is 0.345 e. The Morgan fingerprint density at radius 2 is 1.77 bits per heavy atom. The fourth-order valence-corrected chi connectivity index (χ4v) is 6.15. The highest BCUT2D eigenvalue weighted by atomic mass is 35.5. The Hall–Kier alpha value is -2.54. The van der Waals surface area contributed by atoms with E-state index in [1.165, 1.54) is 16.1 Å².